The van der Waals surface area contributed by atoms with Crippen molar-refractivity contribution in [2.75, 3.05) is 26.4 Å². The minimum Gasteiger partial charge on any atom is -0.454 e. The van der Waals surface area contributed by atoms with Crippen molar-refractivity contribution in [1.29, 1.82) is 0 Å². The summed E-state index contributed by atoms with van der Waals surface area (Å²) in [6, 6.07) is 4.38. The van der Waals surface area contributed by atoms with Gasteiger partial charge in [-0.15, -0.1) is 0 Å². The average Bonchev–Trinajstić information content (AvgIpc) is 3.01. The molecule has 8 heteroatoms. The van der Waals surface area contributed by atoms with E-state index in [9.17, 15) is 13.2 Å². The first-order valence-electron chi connectivity index (χ1n) is 7.63. The Bertz CT molecular complexity index is 696. The molecule has 7 nitrogen and oxygen atoms in total. The van der Waals surface area contributed by atoms with Crippen LogP contribution in [0.4, 0.5) is 0 Å². The molecule has 0 aromatic heterocycles. The Balaban J connectivity index is 1.61. The second kappa shape index (κ2) is 6.37. The molecule has 1 fully saturated rings. The van der Waals surface area contributed by atoms with Gasteiger partial charge in [-0.1, -0.05) is 6.92 Å². The molecule has 0 unspecified atom stereocenters. The molecule has 1 aromatic rings. The largest absolute Gasteiger partial charge is 0.454 e. The number of rotatable bonds is 4. The molecule has 126 valence electrons. The van der Waals surface area contributed by atoms with Gasteiger partial charge in [0.1, 0.15) is 0 Å². The number of carbonyl (C=O) groups is 1. The summed E-state index contributed by atoms with van der Waals surface area (Å²) < 4.78 is 37.3. The molecule has 0 atom stereocenters. The summed E-state index contributed by atoms with van der Waals surface area (Å²) in [5.74, 6) is 1.33. The van der Waals surface area contributed by atoms with Crippen molar-refractivity contribution < 1.29 is 22.7 Å². The number of nitrogens with zero attached hydrogens (tertiary/aromatic N) is 1. The Labute approximate surface area is 135 Å². The quantitative estimate of drug-likeness (QED) is 0.882. The highest BCUT2D eigenvalue weighted by molar-refractivity contribution is 7.89. The number of carbonyl (C=O) groups excluding carboxylic acids is 1. The zero-order valence-electron chi connectivity index (χ0n) is 12.9. The van der Waals surface area contributed by atoms with Crippen molar-refractivity contribution in [3.63, 3.8) is 0 Å². The van der Waals surface area contributed by atoms with Crippen molar-refractivity contribution in [1.82, 2.24) is 9.62 Å². The summed E-state index contributed by atoms with van der Waals surface area (Å²) in [5.41, 5.74) is 0. The van der Waals surface area contributed by atoms with E-state index < -0.39 is 10.0 Å². The number of likely N-dealkylation sites (tertiary alicyclic amines) is 1. The van der Waals surface area contributed by atoms with Crippen LogP contribution in [0.1, 0.15) is 19.8 Å². The van der Waals surface area contributed by atoms with Crippen LogP contribution >= 0.6 is 0 Å². The maximum Gasteiger partial charge on any atom is 0.241 e. The van der Waals surface area contributed by atoms with Crippen molar-refractivity contribution in [3.8, 4) is 11.5 Å². The van der Waals surface area contributed by atoms with Crippen LogP contribution < -0.4 is 14.2 Å². The van der Waals surface area contributed by atoms with Gasteiger partial charge < -0.3 is 14.4 Å². The molecule has 2 aliphatic rings. The Morgan fingerprint density at radius 1 is 1.26 bits per heavy atom. The van der Waals surface area contributed by atoms with E-state index in [2.05, 4.69) is 11.6 Å². The van der Waals surface area contributed by atoms with Crippen molar-refractivity contribution in [3.05, 3.63) is 18.2 Å². The number of sulfonamides is 1. The van der Waals surface area contributed by atoms with Gasteiger partial charge in [0.2, 0.25) is 22.7 Å². The van der Waals surface area contributed by atoms with Crippen LogP contribution in [0.3, 0.4) is 0 Å². The molecule has 1 saturated heterocycles. The second-order valence-corrected chi connectivity index (χ2v) is 7.67. The Kier molecular flexibility index (Phi) is 4.45. The van der Waals surface area contributed by atoms with E-state index in [1.54, 1.807) is 11.0 Å². The Hall–Kier alpha value is -1.80. The number of ether oxygens (including phenoxy) is 2. The Morgan fingerprint density at radius 2 is 1.96 bits per heavy atom. The monoisotopic (exact) mass is 340 g/mol. The van der Waals surface area contributed by atoms with E-state index >= 15 is 0 Å². The van der Waals surface area contributed by atoms with Crippen LogP contribution in [0.2, 0.25) is 0 Å². The first kappa shape index (κ1) is 16.1. The highest BCUT2D eigenvalue weighted by Crippen LogP contribution is 2.33. The third-order valence-electron chi connectivity index (χ3n) is 4.20. The molecule has 23 heavy (non-hydrogen) atoms. The SMILES string of the molecule is CC1CCN(C(=O)CNS(=O)(=O)c2ccc3c(c2)OCO3)CC1. The van der Waals surface area contributed by atoms with E-state index in [1.807, 2.05) is 0 Å². The molecule has 1 aromatic carbocycles. The molecule has 0 bridgehead atoms. The standard InChI is InChI=1S/C15H20N2O5S/c1-11-4-6-17(7-5-11)15(18)9-16-23(19,20)12-2-3-13-14(8-12)22-10-21-13/h2-3,8,11,16H,4-7,9-10H2,1H3. The molecule has 2 heterocycles. The lowest BCUT2D eigenvalue weighted by Crippen LogP contribution is -2.43. The average molecular weight is 340 g/mol. The topological polar surface area (TPSA) is 84.9 Å². The van der Waals surface area contributed by atoms with Gasteiger partial charge in [-0.25, -0.2) is 13.1 Å². The number of fused-ring (bicyclic) bond motifs is 1. The highest BCUT2D eigenvalue weighted by atomic mass is 32.2. The van der Waals surface area contributed by atoms with E-state index in [4.69, 9.17) is 9.47 Å². The van der Waals surface area contributed by atoms with Crippen LogP contribution in [0.5, 0.6) is 11.5 Å². The lowest BCUT2D eigenvalue weighted by Gasteiger charge is -2.30. The Morgan fingerprint density at radius 3 is 2.70 bits per heavy atom. The fourth-order valence-electron chi connectivity index (χ4n) is 2.65. The normalized spacial score (nSPS) is 18.2. The fourth-order valence-corrected chi connectivity index (χ4v) is 3.64. The van der Waals surface area contributed by atoms with E-state index in [0.717, 1.165) is 12.8 Å². The molecule has 1 amide bonds. The van der Waals surface area contributed by atoms with Crippen molar-refractivity contribution in [2.45, 2.75) is 24.7 Å². The first-order valence-corrected chi connectivity index (χ1v) is 9.11. The predicted octanol–water partition coefficient (Wildman–Crippen LogP) is 0.952. The molecule has 0 saturated carbocycles. The van der Waals surface area contributed by atoms with Crippen LogP contribution in [0, 0.1) is 5.92 Å². The summed E-state index contributed by atoms with van der Waals surface area (Å²) in [4.78, 5) is 13.9. The van der Waals surface area contributed by atoms with Crippen molar-refractivity contribution >= 4 is 15.9 Å². The molecule has 0 radical (unpaired) electrons. The smallest absolute Gasteiger partial charge is 0.241 e. The second-order valence-electron chi connectivity index (χ2n) is 5.90. The number of benzene rings is 1. The third kappa shape index (κ3) is 3.59. The summed E-state index contributed by atoms with van der Waals surface area (Å²) >= 11 is 0. The molecule has 2 aliphatic heterocycles. The van der Waals surface area contributed by atoms with E-state index in [0.29, 0.717) is 30.5 Å². The van der Waals surface area contributed by atoms with Crippen LogP contribution in [0.25, 0.3) is 0 Å². The minimum atomic E-state index is -3.76. The summed E-state index contributed by atoms with van der Waals surface area (Å²) in [6.07, 6.45) is 1.92. The maximum atomic E-state index is 12.3. The molecular weight excluding hydrogens is 320 g/mol. The first-order chi connectivity index (χ1) is 11.0. The fraction of sp³-hybridized carbons (Fsp3) is 0.533. The molecule has 3 rings (SSSR count). The summed E-state index contributed by atoms with van der Waals surface area (Å²) in [6.45, 7) is 3.38. The van der Waals surface area contributed by atoms with E-state index in [-0.39, 0.29) is 24.1 Å². The minimum absolute atomic E-state index is 0.0572. The van der Waals surface area contributed by atoms with Gasteiger partial charge in [0.25, 0.3) is 0 Å². The van der Waals surface area contributed by atoms with Gasteiger partial charge in [0, 0.05) is 19.2 Å². The van der Waals surface area contributed by atoms with Gasteiger partial charge in [-0.3, -0.25) is 4.79 Å². The van der Waals surface area contributed by atoms with Crippen LogP contribution in [-0.2, 0) is 14.8 Å². The molecule has 1 N–H and O–H groups in total. The van der Waals surface area contributed by atoms with Gasteiger partial charge in [-0.05, 0) is 30.9 Å². The zero-order valence-corrected chi connectivity index (χ0v) is 13.8. The number of hydrogen-bond acceptors (Lipinski definition) is 5. The third-order valence-corrected chi connectivity index (χ3v) is 5.60. The van der Waals surface area contributed by atoms with Crippen LogP contribution in [0.15, 0.2) is 23.1 Å². The van der Waals surface area contributed by atoms with Gasteiger partial charge in [-0.2, -0.15) is 0 Å². The molecule has 0 spiro atoms. The molecular formula is C15H20N2O5S. The number of amides is 1. The number of nitrogens with one attached hydrogen (secondary N) is 1. The van der Waals surface area contributed by atoms with Gasteiger partial charge in [0.15, 0.2) is 11.5 Å². The van der Waals surface area contributed by atoms with Gasteiger partial charge in [0.05, 0.1) is 11.4 Å². The van der Waals surface area contributed by atoms with Crippen molar-refractivity contribution in [2.24, 2.45) is 5.92 Å². The lowest BCUT2D eigenvalue weighted by molar-refractivity contribution is -0.131. The zero-order chi connectivity index (χ0) is 16.4. The summed E-state index contributed by atoms with van der Waals surface area (Å²) in [5, 5.41) is 0. The summed E-state index contributed by atoms with van der Waals surface area (Å²) in [7, 11) is -3.76. The maximum absolute atomic E-state index is 12.3. The van der Waals surface area contributed by atoms with Gasteiger partial charge >= 0.3 is 0 Å². The van der Waals surface area contributed by atoms with E-state index in [1.165, 1.54) is 12.1 Å². The predicted molar refractivity (Wildman–Crippen MR) is 82.7 cm³/mol. The number of piperidine rings is 1. The molecule has 0 aliphatic carbocycles. The van der Waals surface area contributed by atoms with Crippen LogP contribution in [-0.4, -0.2) is 45.7 Å². The lowest BCUT2D eigenvalue weighted by atomic mass is 9.99. The highest BCUT2D eigenvalue weighted by Gasteiger charge is 2.24. The number of hydrogen-bond donors (Lipinski definition) is 1.